The Kier molecular flexibility index (Phi) is 4.97. The van der Waals surface area contributed by atoms with Gasteiger partial charge in [-0.2, -0.15) is 0 Å². The molecular weight excluding hydrogens is 361 g/mol. The fourth-order valence-corrected chi connectivity index (χ4v) is 2.98. The number of hydrogen-bond donors (Lipinski definition) is 0. The van der Waals surface area contributed by atoms with Gasteiger partial charge in [-0.15, -0.1) is 0 Å². The number of aryl methyl sites for hydroxylation is 1. The number of carbonyl (C=O) groups excluding carboxylic acids is 1. The number of carbonyl (C=O) groups is 1. The van der Waals surface area contributed by atoms with Crippen LogP contribution in [0.4, 0.5) is 0 Å². The molecule has 0 unspecified atom stereocenters. The number of pyridine rings is 3. The summed E-state index contributed by atoms with van der Waals surface area (Å²) in [5, 5.41) is 0.602. The molecule has 0 aliphatic heterocycles. The van der Waals surface area contributed by atoms with Gasteiger partial charge in [-0.25, -0.2) is 14.8 Å². The van der Waals surface area contributed by atoms with Crippen molar-refractivity contribution in [2.45, 2.75) is 6.92 Å². The van der Waals surface area contributed by atoms with Crippen molar-refractivity contribution in [3.8, 4) is 22.4 Å². The Morgan fingerprint density at radius 1 is 1.00 bits per heavy atom. The van der Waals surface area contributed by atoms with Gasteiger partial charge in [-0.05, 0) is 37.3 Å². The molecule has 0 saturated carbocycles. The first-order valence-electron chi connectivity index (χ1n) is 7.34. The Morgan fingerprint density at radius 3 is 2.16 bits per heavy atom. The zero-order valence-corrected chi connectivity index (χ0v) is 15.0. The van der Waals surface area contributed by atoms with E-state index in [4.69, 9.17) is 27.9 Å². The second-order valence-electron chi connectivity index (χ2n) is 5.19. The Balaban J connectivity index is 2.32. The average Bonchev–Trinajstić information content (AvgIpc) is 2.61. The molecule has 3 aromatic rings. The van der Waals surface area contributed by atoms with Crippen LogP contribution in [0.1, 0.15) is 16.1 Å². The summed E-state index contributed by atoms with van der Waals surface area (Å²) in [6.45, 7) is 1.73. The van der Waals surface area contributed by atoms with Gasteiger partial charge in [0.25, 0.3) is 0 Å². The maximum absolute atomic E-state index is 12.3. The molecule has 0 radical (unpaired) electrons. The van der Waals surface area contributed by atoms with Crippen molar-refractivity contribution >= 4 is 29.2 Å². The maximum atomic E-state index is 12.3. The molecule has 0 aromatic carbocycles. The number of hydrogen-bond acceptors (Lipinski definition) is 5. The van der Waals surface area contributed by atoms with Gasteiger partial charge in [-0.1, -0.05) is 23.2 Å². The number of halogens is 2. The van der Waals surface area contributed by atoms with Crippen LogP contribution in [-0.4, -0.2) is 28.0 Å². The van der Waals surface area contributed by atoms with Crippen LogP contribution >= 0.6 is 23.2 Å². The van der Waals surface area contributed by atoms with Crippen molar-refractivity contribution in [3.63, 3.8) is 0 Å². The first kappa shape index (κ1) is 17.3. The van der Waals surface area contributed by atoms with Crippen molar-refractivity contribution in [1.29, 1.82) is 0 Å². The molecule has 0 saturated heterocycles. The van der Waals surface area contributed by atoms with Crippen LogP contribution in [0.25, 0.3) is 22.4 Å². The second kappa shape index (κ2) is 7.17. The van der Waals surface area contributed by atoms with E-state index < -0.39 is 5.97 Å². The minimum Gasteiger partial charge on any atom is -0.465 e. The Morgan fingerprint density at radius 2 is 1.60 bits per heavy atom. The van der Waals surface area contributed by atoms with Gasteiger partial charge < -0.3 is 4.74 Å². The molecule has 0 fully saturated rings. The van der Waals surface area contributed by atoms with Crippen LogP contribution in [0, 0.1) is 6.92 Å². The molecular formula is C18H13Cl2N3O2. The van der Waals surface area contributed by atoms with Crippen LogP contribution in [0.5, 0.6) is 0 Å². The minimum absolute atomic E-state index is 0.279. The predicted molar refractivity (Wildman–Crippen MR) is 96.8 cm³/mol. The van der Waals surface area contributed by atoms with E-state index in [1.165, 1.54) is 7.11 Å². The molecule has 0 bridgehead atoms. The monoisotopic (exact) mass is 373 g/mol. The van der Waals surface area contributed by atoms with E-state index in [0.29, 0.717) is 38.8 Å². The summed E-state index contributed by atoms with van der Waals surface area (Å²) < 4.78 is 4.91. The van der Waals surface area contributed by atoms with Crippen molar-refractivity contribution in [1.82, 2.24) is 15.0 Å². The summed E-state index contributed by atoms with van der Waals surface area (Å²) in [6, 6.07) is 8.84. The molecule has 0 atom stereocenters. The standard InChI is InChI=1S/C18H13Cl2N3O2/c1-10-15(18(24)25-2)13(11-5-3-7-21-16(11)19)9-14(23-10)12-6-4-8-22-17(12)20/h3-9H,1-2H3. The molecule has 7 heteroatoms. The van der Waals surface area contributed by atoms with Gasteiger partial charge in [0.05, 0.1) is 24.1 Å². The average molecular weight is 374 g/mol. The predicted octanol–water partition coefficient (Wildman–Crippen LogP) is 4.61. The lowest BCUT2D eigenvalue weighted by atomic mass is 9.98. The summed E-state index contributed by atoms with van der Waals surface area (Å²) in [7, 11) is 1.32. The number of nitrogens with zero attached hydrogens (tertiary/aromatic N) is 3. The first-order valence-corrected chi connectivity index (χ1v) is 8.10. The molecule has 25 heavy (non-hydrogen) atoms. The van der Waals surface area contributed by atoms with E-state index in [1.54, 1.807) is 43.6 Å². The highest BCUT2D eigenvalue weighted by molar-refractivity contribution is 6.32. The highest BCUT2D eigenvalue weighted by Gasteiger charge is 2.21. The first-order chi connectivity index (χ1) is 12.0. The molecule has 5 nitrogen and oxygen atoms in total. The lowest BCUT2D eigenvalue weighted by molar-refractivity contribution is 0.0600. The van der Waals surface area contributed by atoms with Crippen LogP contribution < -0.4 is 0 Å². The largest absolute Gasteiger partial charge is 0.465 e. The molecule has 126 valence electrons. The smallest absolute Gasteiger partial charge is 0.340 e. The molecule has 3 aromatic heterocycles. The number of esters is 1. The number of methoxy groups -OCH3 is 1. The Labute approximate surface area is 154 Å². The van der Waals surface area contributed by atoms with E-state index in [-0.39, 0.29) is 5.15 Å². The zero-order valence-electron chi connectivity index (χ0n) is 13.5. The third-order valence-electron chi connectivity index (χ3n) is 3.67. The van der Waals surface area contributed by atoms with Crippen molar-refractivity contribution in [2.24, 2.45) is 0 Å². The van der Waals surface area contributed by atoms with Gasteiger partial charge in [0.2, 0.25) is 0 Å². The summed E-state index contributed by atoms with van der Waals surface area (Å²) in [5.41, 5.74) is 3.26. The summed E-state index contributed by atoms with van der Waals surface area (Å²) in [4.78, 5) is 25.0. The molecule has 0 N–H and O–H groups in total. The van der Waals surface area contributed by atoms with Gasteiger partial charge in [0.1, 0.15) is 10.3 Å². The second-order valence-corrected chi connectivity index (χ2v) is 5.91. The summed E-state index contributed by atoms with van der Waals surface area (Å²) in [6.07, 6.45) is 3.18. The minimum atomic E-state index is -0.497. The van der Waals surface area contributed by atoms with Crippen LogP contribution in [-0.2, 0) is 4.74 Å². The lowest BCUT2D eigenvalue weighted by Gasteiger charge is -2.14. The molecule has 0 aliphatic rings. The quantitative estimate of drug-likeness (QED) is 0.495. The summed E-state index contributed by atoms with van der Waals surface area (Å²) >= 11 is 12.4. The highest BCUT2D eigenvalue weighted by Crippen LogP contribution is 2.35. The number of rotatable bonds is 3. The molecule has 0 aliphatic carbocycles. The maximum Gasteiger partial charge on any atom is 0.340 e. The van der Waals surface area contributed by atoms with Gasteiger partial charge in [0, 0.05) is 29.1 Å². The van der Waals surface area contributed by atoms with E-state index in [2.05, 4.69) is 15.0 Å². The molecule has 3 heterocycles. The van der Waals surface area contributed by atoms with Gasteiger partial charge in [-0.3, -0.25) is 4.98 Å². The number of aromatic nitrogens is 3. The van der Waals surface area contributed by atoms with E-state index in [9.17, 15) is 4.79 Å². The fraction of sp³-hybridized carbons (Fsp3) is 0.111. The summed E-state index contributed by atoms with van der Waals surface area (Å²) in [5.74, 6) is -0.497. The fourth-order valence-electron chi connectivity index (χ4n) is 2.55. The van der Waals surface area contributed by atoms with Crippen molar-refractivity contribution < 1.29 is 9.53 Å². The Bertz CT molecular complexity index is 961. The SMILES string of the molecule is COC(=O)c1c(-c2cccnc2Cl)cc(-c2cccnc2Cl)nc1C. The molecule has 0 amide bonds. The topological polar surface area (TPSA) is 65.0 Å². The lowest BCUT2D eigenvalue weighted by Crippen LogP contribution is -2.09. The third-order valence-corrected chi connectivity index (χ3v) is 4.28. The third kappa shape index (κ3) is 3.34. The molecule has 0 spiro atoms. The normalized spacial score (nSPS) is 10.6. The van der Waals surface area contributed by atoms with Crippen LogP contribution in [0.15, 0.2) is 42.7 Å². The van der Waals surface area contributed by atoms with E-state index in [0.717, 1.165) is 0 Å². The Hall–Kier alpha value is -2.50. The van der Waals surface area contributed by atoms with Gasteiger partial charge in [0.15, 0.2) is 0 Å². The number of ether oxygens (including phenoxy) is 1. The van der Waals surface area contributed by atoms with E-state index in [1.807, 2.05) is 6.07 Å². The van der Waals surface area contributed by atoms with E-state index >= 15 is 0 Å². The molecule has 3 rings (SSSR count). The van der Waals surface area contributed by atoms with Crippen molar-refractivity contribution in [3.05, 3.63) is 64.3 Å². The van der Waals surface area contributed by atoms with Crippen LogP contribution in [0.3, 0.4) is 0 Å². The zero-order chi connectivity index (χ0) is 18.0. The van der Waals surface area contributed by atoms with Crippen LogP contribution in [0.2, 0.25) is 10.3 Å². The highest BCUT2D eigenvalue weighted by atomic mass is 35.5. The van der Waals surface area contributed by atoms with Gasteiger partial charge >= 0.3 is 5.97 Å². The van der Waals surface area contributed by atoms with Crippen molar-refractivity contribution in [2.75, 3.05) is 7.11 Å².